The van der Waals surface area contributed by atoms with E-state index in [1.54, 1.807) is 30.0 Å². The lowest BCUT2D eigenvalue weighted by molar-refractivity contribution is 0.0397. The summed E-state index contributed by atoms with van der Waals surface area (Å²) in [6.45, 7) is 0.150. The molecule has 2 heterocycles. The Balaban J connectivity index is 1.55. The largest absolute Gasteiger partial charge is 0.497 e. The van der Waals surface area contributed by atoms with Gasteiger partial charge in [-0.3, -0.25) is 5.10 Å². The maximum Gasteiger partial charge on any atom is 0.208 e. The highest BCUT2D eigenvalue weighted by Crippen LogP contribution is 2.36. The SMILES string of the molecule is COc1ccc(-c2nc(SCC(O)(Cn3cncn3)c3ccc(Cl)cc3Cl)n[nH]2)cc1. The summed E-state index contributed by atoms with van der Waals surface area (Å²) < 4.78 is 6.73. The van der Waals surface area contributed by atoms with Crippen LogP contribution in [0.3, 0.4) is 0 Å². The third-order valence-corrected chi connectivity index (χ3v) is 6.20. The van der Waals surface area contributed by atoms with Crippen LogP contribution in [0.15, 0.2) is 60.3 Å². The van der Waals surface area contributed by atoms with Crippen LogP contribution < -0.4 is 4.74 Å². The van der Waals surface area contributed by atoms with Gasteiger partial charge in [-0.1, -0.05) is 41.0 Å². The van der Waals surface area contributed by atoms with Crippen LogP contribution in [0.5, 0.6) is 5.75 Å². The number of benzene rings is 2. The van der Waals surface area contributed by atoms with Gasteiger partial charge in [-0.15, -0.1) is 5.10 Å². The minimum Gasteiger partial charge on any atom is -0.497 e. The van der Waals surface area contributed by atoms with Gasteiger partial charge in [-0.05, 0) is 36.4 Å². The van der Waals surface area contributed by atoms with Gasteiger partial charge in [0.2, 0.25) is 5.16 Å². The first-order valence-electron chi connectivity index (χ1n) is 9.17. The first-order chi connectivity index (χ1) is 15.0. The molecule has 4 rings (SSSR count). The van der Waals surface area contributed by atoms with Crippen molar-refractivity contribution in [2.75, 3.05) is 12.9 Å². The molecule has 0 fully saturated rings. The van der Waals surface area contributed by atoms with E-state index in [1.807, 2.05) is 24.3 Å². The Hall–Kier alpha value is -2.59. The number of methoxy groups -OCH3 is 1. The molecule has 2 N–H and O–H groups in total. The number of hydrogen-bond donors (Lipinski definition) is 2. The van der Waals surface area contributed by atoms with E-state index in [-0.39, 0.29) is 12.3 Å². The lowest BCUT2D eigenvalue weighted by Gasteiger charge is -2.28. The van der Waals surface area contributed by atoms with Gasteiger partial charge in [-0.25, -0.2) is 14.6 Å². The van der Waals surface area contributed by atoms with Gasteiger partial charge >= 0.3 is 0 Å². The van der Waals surface area contributed by atoms with Crippen LogP contribution in [0.25, 0.3) is 11.4 Å². The van der Waals surface area contributed by atoms with E-state index in [0.717, 1.165) is 11.3 Å². The van der Waals surface area contributed by atoms with Crippen LogP contribution in [-0.4, -0.2) is 47.9 Å². The molecule has 0 saturated heterocycles. The zero-order chi connectivity index (χ0) is 21.8. The van der Waals surface area contributed by atoms with E-state index in [0.29, 0.717) is 26.6 Å². The molecule has 160 valence electrons. The number of hydrogen-bond acceptors (Lipinski definition) is 7. The summed E-state index contributed by atoms with van der Waals surface area (Å²) in [5.74, 6) is 1.61. The van der Waals surface area contributed by atoms with Crippen molar-refractivity contribution >= 4 is 35.0 Å². The lowest BCUT2D eigenvalue weighted by Crippen LogP contribution is -2.35. The molecule has 0 aliphatic rings. The van der Waals surface area contributed by atoms with Crippen molar-refractivity contribution in [1.82, 2.24) is 29.9 Å². The van der Waals surface area contributed by atoms with Gasteiger partial charge in [-0.2, -0.15) is 5.10 Å². The number of H-pyrrole nitrogens is 1. The highest BCUT2D eigenvalue weighted by molar-refractivity contribution is 7.99. The van der Waals surface area contributed by atoms with Gasteiger partial charge in [0.05, 0.1) is 13.7 Å². The van der Waals surface area contributed by atoms with Crippen molar-refractivity contribution in [2.24, 2.45) is 0 Å². The molecule has 0 bridgehead atoms. The lowest BCUT2D eigenvalue weighted by atomic mass is 9.95. The number of thioether (sulfide) groups is 1. The first-order valence-corrected chi connectivity index (χ1v) is 10.9. The molecule has 11 heteroatoms. The van der Waals surface area contributed by atoms with E-state index in [9.17, 15) is 5.11 Å². The van der Waals surface area contributed by atoms with Crippen LogP contribution in [0.1, 0.15) is 5.56 Å². The predicted octanol–water partition coefficient (Wildman–Crippen LogP) is 4.06. The van der Waals surface area contributed by atoms with E-state index in [2.05, 4.69) is 25.3 Å². The van der Waals surface area contributed by atoms with Crippen LogP contribution in [0, 0.1) is 0 Å². The fourth-order valence-electron chi connectivity index (χ4n) is 3.03. The Labute approximate surface area is 192 Å². The topological polar surface area (TPSA) is 102 Å². The molecule has 1 atom stereocenters. The second-order valence-corrected chi connectivity index (χ2v) is 8.52. The summed E-state index contributed by atoms with van der Waals surface area (Å²) in [6, 6.07) is 12.5. The maximum absolute atomic E-state index is 11.6. The van der Waals surface area contributed by atoms with E-state index in [1.165, 1.54) is 24.4 Å². The number of halogens is 2. The van der Waals surface area contributed by atoms with Crippen molar-refractivity contribution in [3.8, 4) is 17.1 Å². The molecule has 2 aromatic carbocycles. The highest BCUT2D eigenvalue weighted by Gasteiger charge is 2.33. The van der Waals surface area contributed by atoms with Crippen molar-refractivity contribution in [2.45, 2.75) is 17.3 Å². The molecule has 4 aromatic rings. The molecule has 0 aliphatic carbocycles. The zero-order valence-corrected chi connectivity index (χ0v) is 18.7. The van der Waals surface area contributed by atoms with Crippen molar-refractivity contribution in [3.63, 3.8) is 0 Å². The quantitative estimate of drug-likeness (QED) is 0.369. The van der Waals surface area contributed by atoms with Crippen LogP contribution in [-0.2, 0) is 12.1 Å². The summed E-state index contributed by atoms with van der Waals surface area (Å²) in [5.41, 5.74) is 0.0484. The number of rotatable bonds is 8. The van der Waals surface area contributed by atoms with Crippen molar-refractivity contribution < 1.29 is 9.84 Å². The average Bonchev–Trinajstić information content (AvgIpc) is 3.44. The summed E-state index contributed by atoms with van der Waals surface area (Å²) >= 11 is 13.7. The summed E-state index contributed by atoms with van der Waals surface area (Å²) in [6.07, 6.45) is 2.95. The molecular formula is C20H18Cl2N6O2S. The standard InChI is InChI=1S/C20H18Cl2N6O2S/c1-30-15-5-2-13(3-6-15)18-25-19(27-26-18)31-10-20(29,9-28-12-23-11-24-28)16-7-4-14(21)8-17(16)22/h2-8,11-12,29H,9-10H2,1H3,(H,25,26,27). The molecule has 0 saturated carbocycles. The Morgan fingerprint density at radius 1 is 1.19 bits per heavy atom. The van der Waals surface area contributed by atoms with E-state index < -0.39 is 5.60 Å². The molecule has 2 aromatic heterocycles. The monoisotopic (exact) mass is 476 g/mol. The van der Waals surface area contributed by atoms with Crippen LogP contribution in [0.2, 0.25) is 10.0 Å². The molecular weight excluding hydrogens is 459 g/mol. The fourth-order valence-corrected chi connectivity index (χ4v) is 4.50. The van der Waals surface area contributed by atoms with Crippen LogP contribution in [0.4, 0.5) is 0 Å². The molecule has 1 unspecified atom stereocenters. The molecule has 0 amide bonds. The Bertz CT molecular complexity index is 1150. The number of ether oxygens (including phenoxy) is 1. The van der Waals surface area contributed by atoms with Crippen LogP contribution >= 0.6 is 35.0 Å². The third kappa shape index (κ3) is 5.01. The Morgan fingerprint density at radius 3 is 2.68 bits per heavy atom. The molecule has 0 radical (unpaired) electrons. The first kappa shape index (κ1) is 21.6. The number of nitrogens with zero attached hydrogens (tertiary/aromatic N) is 5. The number of aromatic nitrogens is 6. The summed E-state index contributed by atoms with van der Waals surface area (Å²) in [4.78, 5) is 8.47. The highest BCUT2D eigenvalue weighted by atomic mass is 35.5. The van der Waals surface area contributed by atoms with Crippen molar-refractivity contribution in [1.29, 1.82) is 0 Å². The second kappa shape index (κ2) is 9.27. The minimum absolute atomic E-state index is 0.150. The molecule has 0 aliphatic heterocycles. The number of nitrogens with one attached hydrogen (secondary N) is 1. The maximum atomic E-state index is 11.6. The normalized spacial score (nSPS) is 13.2. The van der Waals surface area contributed by atoms with Crippen molar-refractivity contribution in [3.05, 3.63) is 70.7 Å². The second-order valence-electron chi connectivity index (χ2n) is 6.73. The smallest absolute Gasteiger partial charge is 0.208 e. The fraction of sp³-hybridized carbons (Fsp3) is 0.200. The van der Waals surface area contributed by atoms with Gasteiger partial charge in [0.25, 0.3) is 0 Å². The molecule has 8 nitrogen and oxygen atoms in total. The summed E-state index contributed by atoms with van der Waals surface area (Å²) in [7, 11) is 1.62. The predicted molar refractivity (Wildman–Crippen MR) is 119 cm³/mol. The third-order valence-electron chi connectivity index (χ3n) is 4.59. The number of aromatic amines is 1. The minimum atomic E-state index is -1.36. The molecule has 31 heavy (non-hydrogen) atoms. The van der Waals surface area contributed by atoms with E-state index >= 15 is 0 Å². The Kier molecular flexibility index (Phi) is 6.47. The van der Waals surface area contributed by atoms with Gasteiger partial charge in [0, 0.05) is 26.9 Å². The summed E-state index contributed by atoms with van der Waals surface area (Å²) in [5, 5.41) is 24.2. The van der Waals surface area contributed by atoms with Gasteiger partial charge < -0.3 is 9.84 Å². The van der Waals surface area contributed by atoms with Gasteiger partial charge in [0.15, 0.2) is 5.82 Å². The molecule has 0 spiro atoms. The van der Waals surface area contributed by atoms with E-state index in [4.69, 9.17) is 27.9 Å². The average molecular weight is 477 g/mol. The number of aliphatic hydroxyl groups is 1. The Morgan fingerprint density at radius 2 is 2.00 bits per heavy atom. The zero-order valence-electron chi connectivity index (χ0n) is 16.4. The van der Waals surface area contributed by atoms with Gasteiger partial charge in [0.1, 0.15) is 24.0 Å².